The van der Waals surface area contributed by atoms with Crippen LogP contribution in [0.25, 0.3) is 0 Å². The SMILES string of the molecule is CC1(C)CC[C@]2(C(=O)O)CC[C@]3(C)C(=CC[C@@H]4[C@@]5(C)CC(O)C(O[C@@H]6O[C@H](CO)[C@@H](O)[C@H](O[C@@H]7OC[C@@H](O)[C@H](O)[C@H]7O)[C@H]6O)[C@@](C)(CO)[C@@H]5CC[C@]43C)[C@@H]2C1. The lowest BCUT2D eigenvalue weighted by Crippen LogP contribution is -2.70. The summed E-state index contributed by atoms with van der Waals surface area (Å²) in [4.78, 5) is 13.1. The van der Waals surface area contributed by atoms with Crippen molar-refractivity contribution in [2.75, 3.05) is 19.8 Å². The molecule has 0 radical (unpaired) electrons. The average molecular weight is 783 g/mol. The fraction of sp³-hybridized carbons (Fsp3) is 0.927. The second-order valence-corrected chi connectivity index (χ2v) is 20.2. The molecular weight excluding hydrogens is 716 g/mol. The summed E-state index contributed by atoms with van der Waals surface area (Å²) >= 11 is 0. The third-order valence-corrected chi connectivity index (χ3v) is 17.0. The van der Waals surface area contributed by atoms with Crippen LogP contribution < -0.4 is 0 Å². The smallest absolute Gasteiger partial charge is 0.310 e. The Labute approximate surface area is 323 Å². The first-order chi connectivity index (χ1) is 25.6. The second kappa shape index (κ2) is 14.2. The van der Waals surface area contributed by atoms with E-state index in [4.69, 9.17) is 18.9 Å². The molecule has 6 fully saturated rings. The first kappa shape index (κ1) is 41.9. The average Bonchev–Trinajstić information content (AvgIpc) is 3.12. The predicted octanol–water partition coefficient (Wildman–Crippen LogP) is 1.46. The number of carboxylic acid groups (broad SMARTS) is 1. The van der Waals surface area contributed by atoms with Crippen molar-refractivity contribution < 1.29 is 69.7 Å². The van der Waals surface area contributed by atoms with Gasteiger partial charge in [0.25, 0.3) is 0 Å². The number of rotatable bonds is 7. The molecule has 0 bridgehead atoms. The van der Waals surface area contributed by atoms with Gasteiger partial charge in [0.05, 0.1) is 37.4 Å². The number of hydrogen-bond donors (Lipinski definition) is 9. The quantitative estimate of drug-likeness (QED) is 0.132. The monoisotopic (exact) mass is 782 g/mol. The summed E-state index contributed by atoms with van der Waals surface area (Å²) in [6, 6.07) is 0. The van der Waals surface area contributed by atoms with Crippen LogP contribution in [0.15, 0.2) is 11.6 Å². The molecule has 7 aliphatic rings. The number of allylic oxidation sites excluding steroid dienone is 2. The van der Waals surface area contributed by atoms with E-state index in [2.05, 4.69) is 40.7 Å². The summed E-state index contributed by atoms with van der Waals surface area (Å²) in [6.07, 6.45) is -7.24. The zero-order chi connectivity index (χ0) is 40.3. The molecule has 14 nitrogen and oxygen atoms in total. The van der Waals surface area contributed by atoms with E-state index in [0.717, 1.165) is 38.5 Å². The van der Waals surface area contributed by atoms with Gasteiger partial charge in [-0.1, -0.05) is 53.2 Å². The maximum atomic E-state index is 13.1. The van der Waals surface area contributed by atoms with Crippen molar-refractivity contribution in [2.24, 2.45) is 50.2 Å². The minimum absolute atomic E-state index is 0.0335. The van der Waals surface area contributed by atoms with Gasteiger partial charge < -0.3 is 64.9 Å². The van der Waals surface area contributed by atoms with Gasteiger partial charge in [-0.15, -0.1) is 0 Å². The Morgan fingerprint density at radius 2 is 1.49 bits per heavy atom. The van der Waals surface area contributed by atoms with E-state index in [1.807, 2.05) is 6.92 Å². The molecule has 2 unspecified atom stereocenters. The lowest BCUT2D eigenvalue weighted by molar-refractivity contribution is -0.369. The van der Waals surface area contributed by atoms with Crippen molar-refractivity contribution in [3.05, 3.63) is 11.6 Å². The standard InChI is InChI=1S/C41H66O14/c1-36(2)11-13-41(35(50)51)14-12-39(5)20(21(41)15-36)7-8-26-37(3)16-22(44)32(38(4,19-43)25(37)9-10-40(26,39)6)55-34-30(49)31(28(47)24(17-42)53-34)54-33-29(48)27(46)23(45)18-52-33/h7,21-34,42-49H,8-19H2,1-6H3,(H,50,51)/t21-,22?,23+,24+,25+,26+,27-,28+,29+,30+,31-,32?,33-,34-,37-,38-,39+,40+,41-/m0/s1. The number of aliphatic hydroxyl groups is 8. The van der Waals surface area contributed by atoms with E-state index < -0.39 is 96.3 Å². The van der Waals surface area contributed by atoms with Crippen LogP contribution >= 0.6 is 0 Å². The Morgan fingerprint density at radius 1 is 0.800 bits per heavy atom. The minimum atomic E-state index is -1.72. The van der Waals surface area contributed by atoms with Crippen LogP contribution in [0.2, 0.25) is 0 Å². The lowest BCUT2D eigenvalue weighted by atomic mass is 9.33. The Bertz CT molecular complexity index is 1490. The fourth-order valence-corrected chi connectivity index (χ4v) is 13.5. The third kappa shape index (κ3) is 6.13. The minimum Gasteiger partial charge on any atom is -0.481 e. The molecule has 0 aromatic carbocycles. The van der Waals surface area contributed by atoms with Gasteiger partial charge in [-0.2, -0.15) is 0 Å². The molecule has 0 spiro atoms. The van der Waals surface area contributed by atoms with E-state index in [1.54, 1.807) is 0 Å². The predicted molar refractivity (Wildman–Crippen MR) is 195 cm³/mol. The largest absolute Gasteiger partial charge is 0.481 e. The molecule has 0 aromatic rings. The van der Waals surface area contributed by atoms with Crippen molar-refractivity contribution in [1.82, 2.24) is 0 Å². The van der Waals surface area contributed by atoms with Gasteiger partial charge in [0.1, 0.15) is 42.7 Å². The Hall–Kier alpha value is -1.27. The molecule has 14 heteroatoms. The van der Waals surface area contributed by atoms with Crippen LogP contribution in [0.5, 0.6) is 0 Å². The van der Waals surface area contributed by atoms with Gasteiger partial charge in [-0.3, -0.25) is 4.79 Å². The van der Waals surface area contributed by atoms with Crippen LogP contribution in [0.1, 0.15) is 99.3 Å². The van der Waals surface area contributed by atoms with E-state index >= 15 is 0 Å². The Morgan fingerprint density at radius 3 is 2.15 bits per heavy atom. The molecule has 0 amide bonds. The molecule has 19 atom stereocenters. The van der Waals surface area contributed by atoms with E-state index in [1.165, 1.54) is 5.57 Å². The molecule has 9 N–H and O–H groups in total. The number of carboxylic acids is 1. The van der Waals surface area contributed by atoms with Gasteiger partial charge in [-0.05, 0) is 97.2 Å². The fourth-order valence-electron chi connectivity index (χ4n) is 13.5. The summed E-state index contributed by atoms with van der Waals surface area (Å²) in [6.45, 7) is 12.0. The number of aliphatic carboxylic acids is 1. The summed E-state index contributed by atoms with van der Waals surface area (Å²) < 4.78 is 23.4. The molecule has 0 aromatic heterocycles. The Kier molecular flexibility index (Phi) is 10.8. The van der Waals surface area contributed by atoms with Crippen molar-refractivity contribution in [1.29, 1.82) is 0 Å². The number of fused-ring (bicyclic) bond motifs is 7. The first-order valence-corrected chi connectivity index (χ1v) is 20.5. The van der Waals surface area contributed by atoms with E-state index in [0.29, 0.717) is 19.3 Å². The molecule has 2 heterocycles. The van der Waals surface area contributed by atoms with Gasteiger partial charge in [0, 0.05) is 5.41 Å². The topological polar surface area (TPSA) is 236 Å². The number of hydrogen-bond acceptors (Lipinski definition) is 13. The van der Waals surface area contributed by atoms with Crippen molar-refractivity contribution in [2.45, 2.75) is 167 Å². The van der Waals surface area contributed by atoms with Crippen LogP contribution in [-0.4, -0.2) is 139 Å². The molecule has 4 saturated carbocycles. The summed E-state index contributed by atoms with van der Waals surface area (Å²) in [5, 5.41) is 97.3. The van der Waals surface area contributed by atoms with Crippen LogP contribution in [0.3, 0.4) is 0 Å². The first-order valence-electron chi connectivity index (χ1n) is 20.5. The normalized spacial score (nSPS) is 54.9. The molecule has 314 valence electrons. The third-order valence-electron chi connectivity index (χ3n) is 17.0. The van der Waals surface area contributed by atoms with Crippen molar-refractivity contribution >= 4 is 5.97 Å². The van der Waals surface area contributed by atoms with Gasteiger partial charge >= 0.3 is 5.97 Å². The van der Waals surface area contributed by atoms with E-state index in [9.17, 15) is 50.8 Å². The number of carbonyl (C=O) groups is 1. The van der Waals surface area contributed by atoms with Crippen LogP contribution in [0.4, 0.5) is 0 Å². The molecule has 2 aliphatic heterocycles. The second-order valence-electron chi connectivity index (χ2n) is 20.2. The van der Waals surface area contributed by atoms with Gasteiger partial charge in [0.15, 0.2) is 12.6 Å². The Balaban J connectivity index is 1.16. The van der Waals surface area contributed by atoms with Gasteiger partial charge in [0.2, 0.25) is 0 Å². The molecule has 55 heavy (non-hydrogen) atoms. The lowest BCUT2D eigenvalue weighted by Gasteiger charge is -2.71. The number of aliphatic hydroxyl groups excluding tert-OH is 8. The van der Waals surface area contributed by atoms with Crippen molar-refractivity contribution in [3.63, 3.8) is 0 Å². The highest BCUT2D eigenvalue weighted by Gasteiger charge is 2.71. The highest BCUT2D eigenvalue weighted by Crippen LogP contribution is 2.76. The van der Waals surface area contributed by atoms with Crippen LogP contribution in [-0.2, 0) is 23.7 Å². The summed E-state index contributed by atoms with van der Waals surface area (Å²) in [5.41, 5.74) is -1.33. The zero-order valence-corrected chi connectivity index (χ0v) is 33.2. The summed E-state index contributed by atoms with van der Waals surface area (Å²) in [7, 11) is 0. The molecular formula is C41H66O14. The molecule has 2 saturated heterocycles. The highest BCUT2D eigenvalue weighted by atomic mass is 16.7. The molecule has 5 aliphatic carbocycles. The zero-order valence-electron chi connectivity index (χ0n) is 33.2. The van der Waals surface area contributed by atoms with E-state index in [-0.39, 0.29) is 47.2 Å². The van der Waals surface area contributed by atoms with Crippen molar-refractivity contribution in [3.8, 4) is 0 Å². The summed E-state index contributed by atoms with van der Waals surface area (Å²) in [5.74, 6) is -0.728. The van der Waals surface area contributed by atoms with Crippen LogP contribution in [0, 0.1) is 50.2 Å². The maximum Gasteiger partial charge on any atom is 0.310 e. The van der Waals surface area contributed by atoms with Gasteiger partial charge in [-0.25, -0.2) is 0 Å². The number of ether oxygens (including phenoxy) is 4. The maximum absolute atomic E-state index is 13.1. The molecule has 7 rings (SSSR count). The highest BCUT2D eigenvalue weighted by molar-refractivity contribution is 5.76.